The second-order valence-electron chi connectivity index (χ2n) is 7.66. The summed E-state index contributed by atoms with van der Waals surface area (Å²) in [5, 5.41) is 0. The van der Waals surface area contributed by atoms with Gasteiger partial charge in [0, 0.05) is 0 Å². The van der Waals surface area contributed by atoms with Crippen molar-refractivity contribution in [1.82, 2.24) is 0 Å². The fourth-order valence-corrected chi connectivity index (χ4v) is 4.81. The molecule has 4 aliphatic rings. The smallest absolute Gasteiger partial charge is 0.335 e. The van der Waals surface area contributed by atoms with Crippen molar-refractivity contribution in [2.75, 3.05) is 11.5 Å². The van der Waals surface area contributed by atoms with Crippen LogP contribution in [0, 0.1) is 24.2 Å². The Morgan fingerprint density at radius 3 is 2.57 bits per heavy atom. The number of amides is 2. The van der Waals surface area contributed by atoms with Gasteiger partial charge in [-0.1, -0.05) is 12.1 Å². The molecule has 2 bridgehead atoms. The highest BCUT2D eigenvalue weighted by atomic mass is 16.6. The molecule has 3 heterocycles. The molecule has 0 radical (unpaired) electrons. The minimum absolute atomic E-state index is 0.141. The van der Waals surface area contributed by atoms with Crippen molar-refractivity contribution in [3.05, 3.63) is 41.0 Å². The number of ether oxygens (including phenoxy) is 2. The number of aryl methyl sites for hydroxylation is 1. The lowest BCUT2D eigenvalue weighted by Gasteiger charge is -2.48. The third-order valence-corrected chi connectivity index (χ3v) is 6.04. The predicted molar refractivity (Wildman–Crippen MR) is 98.0 cm³/mol. The number of hydrogen-bond donors (Lipinski definition) is 0. The van der Waals surface area contributed by atoms with E-state index in [-0.39, 0.29) is 12.2 Å². The molecule has 1 aromatic rings. The van der Waals surface area contributed by atoms with Crippen LogP contribution in [0.15, 0.2) is 35.4 Å². The summed E-state index contributed by atoms with van der Waals surface area (Å²) in [6, 6.07) is 7.05. The molecule has 1 aliphatic carbocycles. The molecule has 4 atom stereocenters. The number of anilines is 1. The highest BCUT2D eigenvalue weighted by Crippen LogP contribution is 2.58. The summed E-state index contributed by atoms with van der Waals surface area (Å²) in [5.74, 6) is -4.04. The number of carbonyl (C=O) groups is 4. The fourth-order valence-electron chi connectivity index (χ4n) is 4.81. The molecule has 7 nitrogen and oxygen atoms in total. The summed E-state index contributed by atoms with van der Waals surface area (Å²) in [4.78, 5) is 53.1. The lowest BCUT2D eigenvalue weighted by molar-refractivity contribution is -0.184. The van der Waals surface area contributed by atoms with Crippen molar-refractivity contribution < 1.29 is 28.7 Å². The van der Waals surface area contributed by atoms with Crippen LogP contribution in [-0.2, 0) is 28.7 Å². The SMILES string of the molecule is CCOC(=O)C1=C(C)[C@H]2OC(=O)[C@@]1(C)[C@H]1C(=O)N(c3cccc(C)c3)C(=O)[C@H]21. The van der Waals surface area contributed by atoms with Gasteiger partial charge in [-0.25, -0.2) is 9.69 Å². The third kappa shape index (κ3) is 2.16. The third-order valence-electron chi connectivity index (χ3n) is 6.04. The summed E-state index contributed by atoms with van der Waals surface area (Å²) in [7, 11) is 0. The van der Waals surface area contributed by atoms with E-state index in [9.17, 15) is 19.2 Å². The quantitative estimate of drug-likeness (QED) is 0.585. The lowest BCUT2D eigenvalue weighted by atomic mass is 9.57. The first-order valence-electron chi connectivity index (χ1n) is 9.27. The standard InChI is InChI=1S/C21H21NO6/c1-5-27-19(25)14-11(3)16-13-15(21(14,4)20(26)28-16)18(24)22(17(13)23)12-8-6-7-10(2)9-12/h6-9,13,15-16H,5H2,1-4H3/t13-,15+,16+,21+/m0/s1. The van der Waals surface area contributed by atoms with Gasteiger partial charge in [-0.05, 0) is 51.0 Å². The van der Waals surface area contributed by atoms with Gasteiger partial charge >= 0.3 is 11.9 Å². The largest absolute Gasteiger partial charge is 0.463 e. The molecule has 146 valence electrons. The van der Waals surface area contributed by atoms with Gasteiger partial charge in [-0.15, -0.1) is 0 Å². The van der Waals surface area contributed by atoms with Gasteiger partial charge in [0.25, 0.3) is 0 Å². The van der Waals surface area contributed by atoms with Gasteiger partial charge in [-0.3, -0.25) is 14.4 Å². The number of carbonyl (C=O) groups excluding carboxylic acids is 4. The number of hydrogen-bond acceptors (Lipinski definition) is 6. The van der Waals surface area contributed by atoms with Gasteiger partial charge in [0.1, 0.15) is 11.5 Å². The van der Waals surface area contributed by atoms with Crippen LogP contribution < -0.4 is 4.90 Å². The first-order valence-corrected chi connectivity index (χ1v) is 9.27. The maximum Gasteiger partial charge on any atom is 0.335 e. The Kier molecular flexibility index (Phi) is 3.96. The maximum absolute atomic E-state index is 13.4. The summed E-state index contributed by atoms with van der Waals surface area (Å²) in [6.45, 7) is 6.83. The first kappa shape index (κ1) is 18.4. The van der Waals surface area contributed by atoms with E-state index in [0.717, 1.165) is 10.5 Å². The highest BCUT2D eigenvalue weighted by Gasteiger charge is 2.71. The minimum Gasteiger partial charge on any atom is -0.463 e. The van der Waals surface area contributed by atoms with E-state index in [4.69, 9.17) is 9.47 Å². The van der Waals surface area contributed by atoms with E-state index >= 15 is 0 Å². The van der Waals surface area contributed by atoms with E-state index < -0.39 is 47.1 Å². The highest BCUT2D eigenvalue weighted by molar-refractivity contribution is 6.25. The summed E-state index contributed by atoms with van der Waals surface area (Å²) < 4.78 is 10.6. The minimum atomic E-state index is -1.55. The molecule has 2 amide bonds. The summed E-state index contributed by atoms with van der Waals surface area (Å²) in [5.41, 5.74) is 0.422. The topological polar surface area (TPSA) is 90.0 Å². The zero-order valence-corrected chi connectivity index (χ0v) is 16.1. The zero-order chi connectivity index (χ0) is 20.4. The van der Waals surface area contributed by atoms with E-state index in [1.54, 1.807) is 32.0 Å². The van der Waals surface area contributed by atoms with Crippen molar-refractivity contribution in [3.63, 3.8) is 0 Å². The van der Waals surface area contributed by atoms with E-state index in [1.165, 1.54) is 6.92 Å². The van der Waals surface area contributed by atoms with E-state index in [2.05, 4.69) is 0 Å². The Balaban J connectivity index is 1.86. The molecule has 0 aromatic heterocycles. The van der Waals surface area contributed by atoms with Crippen molar-refractivity contribution in [2.45, 2.75) is 33.8 Å². The van der Waals surface area contributed by atoms with Crippen LogP contribution in [0.5, 0.6) is 0 Å². The normalized spacial score (nSPS) is 31.2. The second kappa shape index (κ2) is 6.02. The van der Waals surface area contributed by atoms with E-state index in [1.807, 2.05) is 13.0 Å². The van der Waals surface area contributed by atoms with Crippen LogP contribution in [0.4, 0.5) is 5.69 Å². The number of fused-ring (bicyclic) bond motifs is 1. The molecule has 28 heavy (non-hydrogen) atoms. The van der Waals surface area contributed by atoms with Gasteiger partial charge in [0.2, 0.25) is 11.8 Å². The van der Waals surface area contributed by atoms with Crippen molar-refractivity contribution in [1.29, 1.82) is 0 Å². The zero-order valence-electron chi connectivity index (χ0n) is 16.1. The molecular formula is C21H21NO6. The average Bonchev–Trinajstić information content (AvgIpc) is 2.89. The molecule has 5 rings (SSSR count). The van der Waals surface area contributed by atoms with Crippen LogP contribution in [0.2, 0.25) is 0 Å². The molecule has 7 heteroatoms. The summed E-state index contributed by atoms with van der Waals surface area (Å²) >= 11 is 0. The predicted octanol–water partition coefficient (Wildman–Crippen LogP) is 1.93. The molecule has 0 unspecified atom stereocenters. The van der Waals surface area contributed by atoms with Crippen LogP contribution in [0.1, 0.15) is 26.3 Å². The Bertz CT molecular complexity index is 963. The molecule has 0 N–H and O–H groups in total. The number of benzene rings is 1. The Hall–Kier alpha value is -2.96. The van der Waals surface area contributed by atoms with Crippen molar-refractivity contribution in [3.8, 4) is 0 Å². The first-order chi connectivity index (χ1) is 13.2. The van der Waals surface area contributed by atoms with Crippen molar-refractivity contribution in [2.24, 2.45) is 17.3 Å². The van der Waals surface area contributed by atoms with Gasteiger partial charge in [-0.2, -0.15) is 0 Å². The Labute approximate surface area is 162 Å². The maximum atomic E-state index is 13.4. The Morgan fingerprint density at radius 2 is 1.93 bits per heavy atom. The second-order valence-corrected chi connectivity index (χ2v) is 7.66. The van der Waals surface area contributed by atoms with E-state index in [0.29, 0.717) is 11.3 Å². The Morgan fingerprint density at radius 1 is 1.21 bits per heavy atom. The molecule has 2 fully saturated rings. The van der Waals surface area contributed by atoms with Crippen LogP contribution >= 0.6 is 0 Å². The fraction of sp³-hybridized carbons (Fsp3) is 0.429. The lowest BCUT2D eigenvalue weighted by Crippen LogP contribution is -2.60. The molecule has 2 saturated heterocycles. The summed E-state index contributed by atoms with van der Waals surface area (Å²) in [6.07, 6.45) is -0.940. The van der Waals surface area contributed by atoms with Gasteiger partial charge in [0.15, 0.2) is 0 Å². The number of esters is 2. The van der Waals surface area contributed by atoms with Gasteiger partial charge in [0.05, 0.1) is 29.7 Å². The van der Waals surface area contributed by atoms with Crippen molar-refractivity contribution >= 4 is 29.4 Å². The van der Waals surface area contributed by atoms with Gasteiger partial charge < -0.3 is 9.47 Å². The van der Waals surface area contributed by atoms with Crippen LogP contribution in [0.3, 0.4) is 0 Å². The number of rotatable bonds is 3. The number of nitrogens with zero attached hydrogens (tertiary/aromatic N) is 1. The molecule has 3 aliphatic heterocycles. The monoisotopic (exact) mass is 383 g/mol. The number of imide groups is 1. The molecule has 1 aromatic carbocycles. The molecular weight excluding hydrogens is 362 g/mol. The van der Waals surface area contributed by atoms with Crippen LogP contribution in [-0.4, -0.2) is 36.5 Å². The average molecular weight is 383 g/mol. The molecule has 0 saturated carbocycles. The molecule has 0 spiro atoms. The van der Waals surface area contributed by atoms with Crippen LogP contribution in [0.25, 0.3) is 0 Å².